The minimum absolute atomic E-state index is 1.09. The summed E-state index contributed by atoms with van der Waals surface area (Å²) in [6.45, 7) is 5.07. The van der Waals surface area contributed by atoms with E-state index in [0.717, 1.165) is 0 Å². The van der Waals surface area contributed by atoms with Crippen LogP contribution >= 0.6 is 0 Å². The first-order valence-corrected chi connectivity index (χ1v) is 9.65. The van der Waals surface area contributed by atoms with E-state index in [4.69, 9.17) is 0 Å². The molecule has 1 aliphatic rings. The van der Waals surface area contributed by atoms with Crippen molar-refractivity contribution in [2.45, 2.75) is 44.8 Å². The fourth-order valence-electron chi connectivity index (χ4n) is 2.58. The van der Waals surface area contributed by atoms with Crippen molar-refractivity contribution in [3.63, 3.8) is 0 Å². The number of hydrogen-bond donors (Lipinski definition) is 0. The third-order valence-electron chi connectivity index (χ3n) is 3.76. The summed E-state index contributed by atoms with van der Waals surface area (Å²) in [6, 6.07) is 12.3. The van der Waals surface area contributed by atoms with Gasteiger partial charge in [0.05, 0.1) is 8.07 Å². The summed E-state index contributed by atoms with van der Waals surface area (Å²) in [5, 5.41) is 1.77. The monoisotopic (exact) mass is 230 g/mol. The molecular weight excluding hydrogens is 208 g/mol. The lowest BCUT2D eigenvalue weighted by Gasteiger charge is -2.23. The topological polar surface area (TPSA) is 0 Å². The molecule has 1 saturated heterocycles. The summed E-state index contributed by atoms with van der Waals surface area (Å²) >= 11 is 0. The molecule has 0 amide bonds. The lowest BCUT2D eigenvalue weighted by molar-refractivity contribution is 0.739. The van der Waals surface area contributed by atoms with E-state index in [1.807, 2.05) is 0 Å². The molecule has 0 aromatic heterocycles. The maximum absolute atomic E-state index is 2.53. The van der Waals surface area contributed by atoms with Crippen LogP contribution in [0.25, 0.3) is 6.08 Å². The Hall–Kier alpha value is -0.823. The van der Waals surface area contributed by atoms with Crippen LogP contribution < -0.4 is 0 Å². The second-order valence-electron chi connectivity index (χ2n) is 5.52. The molecule has 0 N–H and O–H groups in total. The highest BCUT2D eigenvalue weighted by Gasteiger charge is 2.26. The Labute approximate surface area is 100 Å². The van der Waals surface area contributed by atoms with Crippen LogP contribution in [0.5, 0.6) is 0 Å². The zero-order chi connectivity index (χ0) is 11.4. The largest absolute Gasteiger partial charge is 0.0802 e. The quantitative estimate of drug-likeness (QED) is 0.602. The number of rotatable bonds is 1. The maximum Gasteiger partial charge on any atom is 0.0755 e. The fraction of sp³-hybridized carbons (Fsp3) is 0.467. The van der Waals surface area contributed by atoms with E-state index < -0.39 is 8.07 Å². The van der Waals surface area contributed by atoms with E-state index in [1.54, 1.807) is 5.20 Å². The maximum atomic E-state index is 2.53. The van der Waals surface area contributed by atoms with Crippen LogP contribution in [0.3, 0.4) is 0 Å². The molecule has 1 aromatic carbocycles. The van der Waals surface area contributed by atoms with Gasteiger partial charge in [-0.3, -0.25) is 0 Å². The van der Waals surface area contributed by atoms with Crippen LogP contribution in [0.15, 0.2) is 35.5 Å². The SMILES string of the molecule is C[Si]1(C)CCCCC/C1=C\c1ccccc1. The average molecular weight is 230 g/mol. The van der Waals surface area contributed by atoms with Gasteiger partial charge in [0.1, 0.15) is 0 Å². The Morgan fingerprint density at radius 2 is 1.75 bits per heavy atom. The summed E-state index contributed by atoms with van der Waals surface area (Å²) in [4.78, 5) is 0. The Balaban J connectivity index is 2.26. The Morgan fingerprint density at radius 3 is 2.50 bits per heavy atom. The van der Waals surface area contributed by atoms with Crippen molar-refractivity contribution in [1.82, 2.24) is 0 Å². The van der Waals surface area contributed by atoms with Gasteiger partial charge in [-0.25, -0.2) is 0 Å². The highest BCUT2D eigenvalue weighted by atomic mass is 28.3. The molecule has 0 aliphatic carbocycles. The molecule has 0 bridgehead atoms. The smallest absolute Gasteiger partial charge is 0.0755 e. The third-order valence-corrected chi connectivity index (χ3v) is 7.49. The van der Waals surface area contributed by atoms with Gasteiger partial charge in [-0.15, -0.1) is 0 Å². The second kappa shape index (κ2) is 5.01. The lowest BCUT2D eigenvalue weighted by Crippen LogP contribution is -2.27. The minimum atomic E-state index is -1.09. The molecule has 0 atom stereocenters. The highest BCUT2D eigenvalue weighted by molar-refractivity contribution is 6.84. The molecule has 1 aliphatic heterocycles. The van der Waals surface area contributed by atoms with Crippen LogP contribution in [0.2, 0.25) is 19.1 Å². The normalized spacial score (nSPS) is 23.0. The average Bonchev–Trinajstić information content (AvgIpc) is 2.43. The van der Waals surface area contributed by atoms with Gasteiger partial charge in [0, 0.05) is 0 Å². The summed E-state index contributed by atoms with van der Waals surface area (Å²) in [5.74, 6) is 0. The van der Waals surface area contributed by atoms with Crippen molar-refractivity contribution in [3.8, 4) is 0 Å². The van der Waals surface area contributed by atoms with Crippen LogP contribution in [-0.4, -0.2) is 8.07 Å². The van der Waals surface area contributed by atoms with Crippen molar-refractivity contribution in [2.75, 3.05) is 0 Å². The summed E-state index contributed by atoms with van der Waals surface area (Å²) in [6.07, 6.45) is 8.09. The van der Waals surface area contributed by atoms with E-state index >= 15 is 0 Å². The first-order chi connectivity index (χ1) is 7.68. The Morgan fingerprint density at radius 1 is 1.00 bits per heavy atom. The van der Waals surface area contributed by atoms with Gasteiger partial charge in [0.15, 0.2) is 0 Å². The first-order valence-electron chi connectivity index (χ1n) is 6.45. The highest BCUT2D eigenvalue weighted by Crippen LogP contribution is 2.32. The molecule has 0 spiro atoms. The van der Waals surface area contributed by atoms with Crippen molar-refractivity contribution >= 4 is 14.1 Å². The van der Waals surface area contributed by atoms with Gasteiger partial charge in [-0.05, 0) is 18.4 Å². The Kier molecular flexibility index (Phi) is 3.65. The first kappa shape index (κ1) is 11.7. The molecule has 1 heterocycles. The number of allylic oxidation sites excluding steroid dienone is 1. The molecule has 0 nitrogen and oxygen atoms in total. The molecular formula is C15H22Si. The van der Waals surface area contributed by atoms with Gasteiger partial charge >= 0.3 is 0 Å². The van der Waals surface area contributed by atoms with Gasteiger partial charge in [-0.2, -0.15) is 0 Å². The molecule has 1 aromatic rings. The van der Waals surface area contributed by atoms with E-state index in [0.29, 0.717) is 0 Å². The zero-order valence-corrected chi connectivity index (χ0v) is 11.5. The van der Waals surface area contributed by atoms with Crippen molar-refractivity contribution < 1.29 is 0 Å². The third kappa shape index (κ3) is 2.85. The van der Waals surface area contributed by atoms with E-state index in [1.165, 1.54) is 37.3 Å². The minimum Gasteiger partial charge on any atom is -0.0802 e. The molecule has 0 unspecified atom stereocenters. The Bertz CT molecular complexity index is 362. The van der Waals surface area contributed by atoms with E-state index in [2.05, 4.69) is 49.5 Å². The summed E-state index contributed by atoms with van der Waals surface area (Å²) < 4.78 is 0. The van der Waals surface area contributed by atoms with Crippen molar-refractivity contribution in [2.24, 2.45) is 0 Å². The van der Waals surface area contributed by atoms with Crippen LogP contribution in [0.4, 0.5) is 0 Å². The second-order valence-corrected chi connectivity index (χ2v) is 10.4. The molecule has 2 rings (SSSR count). The standard InChI is InChI=1S/C15H22Si/c1-16(2)12-8-4-7-11-15(16)13-14-9-5-3-6-10-14/h3,5-6,9-10,13H,4,7-8,11-12H2,1-2H3/b15-13+. The molecule has 1 fully saturated rings. The van der Waals surface area contributed by atoms with Gasteiger partial charge in [0.25, 0.3) is 0 Å². The van der Waals surface area contributed by atoms with E-state index in [-0.39, 0.29) is 0 Å². The van der Waals surface area contributed by atoms with Gasteiger partial charge in [0.2, 0.25) is 0 Å². The zero-order valence-electron chi connectivity index (χ0n) is 10.5. The van der Waals surface area contributed by atoms with Gasteiger partial charge < -0.3 is 0 Å². The molecule has 1 heteroatoms. The predicted molar refractivity (Wildman–Crippen MR) is 75.2 cm³/mol. The predicted octanol–water partition coefficient (Wildman–Crippen LogP) is 4.89. The molecule has 86 valence electrons. The lowest BCUT2D eigenvalue weighted by atomic mass is 10.1. The van der Waals surface area contributed by atoms with Crippen molar-refractivity contribution in [1.29, 1.82) is 0 Å². The van der Waals surface area contributed by atoms with Crippen LogP contribution in [0, 0.1) is 0 Å². The number of hydrogen-bond acceptors (Lipinski definition) is 0. The fourth-order valence-corrected chi connectivity index (χ4v) is 5.44. The van der Waals surface area contributed by atoms with Crippen LogP contribution in [0.1, 0.15) is 31.2 Å². The molecule has 0 radical (unpaired) electrons. The number of benzene rings is 1. The summed E-state index contributed by atoms with van der Waals surface area (Å²) in [5.41, 5.74) is 1.39. The van der Waals surface area contributed by atoms with Crippen molar-refractivity contribution in [3.05, 3.63) is 41.1 Å². The molecule has 0 saturated carbocycles. The van der Waals surface area contributed by atoms with Gasteiger partial charge in [-0.1, -0.05) is 73.6 Å². The van der Waals surface area contributed by atoms with E-state index in [9.17, 15) is 0 Å². The molecule has 16 heavy (non-hydrogen) atoms. The van der Waals surface area contributed by atoms with Crippen LogP contribution in [-0.2, 0) is 0 Å². The summed E-state index contributed by atoms with van der Waals surface area (Å²) in [7, 11) is -1.09.